The lowest BCUT2D eigenvalue weighted by Crippen LogP contribution is -2.47. The molecule has 0 unspecified atom stereocenters. The molecule has 1 aromatic heterocycles. The number of carbonyl (C=O) groups excluding carboxylic acids is 1. The molecule has 1 aliphatic rings. The Balaban J connectivity index is 1.97. The molecule has 15 heavy (non-hydrogen) atoms. The quantitative estimate of drug-likeness (QED) is 0.728. The second-order valence-corrected chi connectivity index (χ2v) is 3.83. The Kier molecular flexibility index (Phi) is 3.11. The van der Waals surface area contributed by atoms with Crippen molar-refractivity contribution in [1.29, 1.82) is 0 Å². The van der Waals surface area contributed by atoms with Crippen LogP contribution in [0.2, 0.25) is 0 Å². The van der Waals surface area contributed by atoms with Gasteiger partial charge >= 0.3 is 0 Å². The van der Waals surface area contributed by atoms with Crippen LogP contribution in [0, 0.1) is 0 Å². The summed E-state index contributed by atoms with van der Waals surface area (Å²) >= 11 is 3.81. The molecule has 1 saturated heterocycles. The lowest BCUT2D eigenvalue weighted by atomic mass is 10.3. The molecular weight excluding hydrogens is 210 g/mol. The van der Waals surface area contributed by atoms with Crippen molar-refractivity contribution in [2.75, 3.05) is 31.1 Å². The molecule has 2 rings (SSSR count). The lowest BCUT2D eigenvalue weighted by Gasteiger charge is -2.34. The fourth-order valence-corrected chi connectivity index (χ4v) is 1.87. The number of aromatic nitrogens is 1. The normalized spacial score (nSPS) is 16.6. The molecule has 4 nitrogen and oxygen atoms in total. The molecule has 0 saturated carbocycles. The summed E-state index contributed by atoms with van der Waals surface area (Å²) in [6.45, 7) is 3.09. The predicted molar refractivity (Wildman–Crippen MR) is 62.4 cm³/mol. The molecule has 1 aromatic rings. The largest absolute Gasteiger partial charge is 0.353 e. The highest BCUT2D eigenvalue weighted by atomic mass is 32.1. The smallest absolute Gasteiger partial charge is 0.278 e. The number of hydrogen-bond donors (Lipinski definition) is 1. The van der Waals surface area contributed by atoms with Gasteiger partial charge < -0.3 is 9.80 Å². The Morgan fingerprint density at radius 1 is 1.27 bits per heavy atom. The van der Waals surface area contributed by atoms with E-state index in [-0.39, 0.29) is 5.24 Å². The molecule has 80 valence electrons. The number of carbonyl (C=O) groups is 1. The number of hydrogen-bond acceptors (Lipinski definition) is 3. The van der Waals surface area contributed by atoms with Crippen LogP contribution in [0.1, 0.15) is 0 Å². The van der Waals surface area contributed by atoms with E-state index in [0.717, 1.165) is 32.0 Å². The average molecular weight is 223 g/mol. The molecule has 5 heteroatoms. The van der Waals surface area contributed by atoms with E-state index in [0.29, 0.717) is 0 Å². The first-order chi connectivity index (χ1) is 7.27. The second kappa shape index (κ2) is 4.53. The average Bonchev–Trinajstić information content (AvgIpc) is 2.30. The van der Waals surface area contributed by atoms with E-state index in [2.05, 4.69) is 22.5 Å². The number of anilines is 1. The van der Waals surface area contributed by atoms with Crippen molar-refractivity contribution in [3.63, 3.8) is 0 Å². The van der Waals surface area contributed by atoms with Crippen LogP contribution >= 0.6 is 12.6 Å². The predicted octanol–water partition coefficient (Wildman–Crippen LogP) is 1.25. The van der Waals surface area contributed by atoms with Crippen LogP contribution in [0.15, 0.2) is 24.4 Å². The third-order valence-electron chi connectivity index (χ3n) is 2.52. The van der Waals surface area contributed by atoms with E-state index in [4.69, 9.17) is 0 Å². The zero-order valence-corrected chi connectivity index (χ0v) is 9.23. The summed E-state index contributed by atoms with van der Waals surface area (Å²) < 4.78 is 0. The molecule has 0 aliphatic carbocycles. The van der Waals surface area contributed by atoms with Gasteiger partial charge in [0.2, 0.25) is 0 Å². The summed E-state index contributed by atoms with van der Waals surface area (Å²) in [4.78, 5) is 19.2. The van der Waals surface area contributed by atoms with E-state index in [9.17, 15) is 4.79 Å². The van der Waals surface area contributed by atoms with E-state index >= 15 is 0 Å². The molecule has 0 radical (unpaired) electrons. The van der Waals surface area contributed by atoms with Gasteiger partial charge in [-0.25, -0.2) is 4.98 Å². The zero-order chi connectivity index (χ0) is 10.7. The fraction of sp³-hybridized carbons (Fsp3) is 0.400. The van der Waals surface area contributed by atoms with Crippen LogP contribution in [0.25, 0.3) is 0 Å². The molecule has 2 heterocycles. The van der Waals surface area contributed by atoms with Crippen molar-refractivity contribution >= 4 is 23.7 Å². The molecule has 1 aliphatic heterocycles. The van der Waals surface area contributed by atoms with E-state index < -0.39 is 0 Å². The molecule has 0 bridgehead atoms. The van der Waals surface area contributed by atoms with Crippen molar-refractivity contribution in [1.82, 2.24) is 9.88 Å². The minimum absolute atomic E-state index is 0.143. The highest BCUT2D eigenvalue weighted by Crippen LogP contribution is 2.12. The summed E-state index contributed by atoms with van der Waals surface area (Å²) in [6.07, 6.45) is 1.78. The lowest BCUT2D eigenvalue weighted by molar-refractivity contribution is 0.220. The zero-order valence-electron chi connectivity index (χ0n) is 8.33. The molecular formula is C10H13N3OS. The van der Waals surface area contributed by atoms with Gasteiger partial charge in [0.05, 0.1) is 0 Å². The van der Waals surface area contributed by atoms with Crippen molar-refractivity contribution < 1.29 is 4.79 Å². The Labute approximate surface area is 94.3 Å². The first kappa shape index (κ1) is 10.3. The highest BCUT2D eigenvalue weighted by Gasteiger charge is 2.19. The Bertz CT molecular complexity index is 336. The maximum Gasteiger partial charge on any atom is 0.278 e. The van der Waals surface area contributed by atoms with Gasteiger partial charge in [-0.3, -0.25) is 4.79 Å². The summed E-state index contributed by atoms with van der Waals surface area (Å²) in [7, 11) is 0. The first-order valence-electron chi connectivity index (χ1n) is 4.91. The van der Waals surface area contributed by atoms with Crippen molar-refractivity contribution in [3.05, 3.63) is 24.4 Å². The van der Waals surface area contributed by atoms with Gasteiger partial charge in [0, 0.05) is 32.4 Å². The van der Waals surface area contributed by atoms with E-state index in [1.54, 1.807) is 11.1 Å². The van der Waals surface area contributed by atoms with Gasteiger partial charge in [-0.1, -0.05) is 18.7 Å². The molecule has 0 atom stereocenters. The number of piperazine rings is 1. The van der Waals surface area contributed by atoms with Crippen LogP contribution in [0.5, 0.6) is 0 Å². The number of thiol groups is 1. The highest BCUT2D eigenvalue weighted by molar-refractivity contribution is 7.96. The number of amides is 1. The molecule has 1 fully saturated rings. The SMILES string of the molecule is O=C(S)N1CCN(c2ccccn2)CC1. The van der Waals surface area contributed by atoms with Crippen LogP contribution in [-0.2, 0) is 0 Å². The van der Waals surface area contributed by atoms with Crippen LogP contribution in [0.3, 0.4) is 0 Å². The Morgan fingerprint density at radius 3 is 2.53 bits per heavy atom. The number of pyridine rings is 1. The summed E-state index contributed by atoms with van der Waals surface area (Å²) in [6, 6.07) is 5.85. The van der Waals surface area contributed by atoms with Crippen molar-refractivity contribution in [3.8, 4) is 0 Å². The van der Waals surface area contributed by atoms with Gasteiger partial charge in [0.15, 0.2) is 0 Å². The maximum absolute atomic E-state index is 11.0. The fourth-order valence-electron chi connectivity index (χ4n) is 1.67. The van der Waals surface area contributed by atoms with E-state index in [1.165, 1.54) is 0 Å². The first-order valence-corrected chi connectivity index (χ1v) is 5.36. The minimum Gasteiger partial charge on any atom is -0.353 e. The summed E-state index contributed by atoms with van der Waals surface area (Å²) in [5.41, 5.74) is 0. The minimum atomic E-state index is -0.143. The molecule has 0 spiro atoms. The van der Waals surface area contributed by atoms with Gasteiger partial charge in [-0.2, -0.15) is 0 Å². The third-order valence-corrected chi connectivity index (χ3v) is 2.81. The van der Waals surface area contributed by atoms with Gasteiger partial charge in [0.25, 0.3) is 5.24 Å². The van der Waals surface area contributed by atoms with Gasteiger partial charge in [0.1, 0.15) is 5.82 Å². The van der Waals surface area contributed by atoms with Crippen LogP contribution in [-0.4, -0.2) is 41.3 Å². The number of nitrogens with zero attached hydrogens (tertiary/aromatic N) is 3. The van der Waals surface area contributed by atoms with Crippen LogP contribution < -0.4 is 4.90 Å². The third kappa shape index (κ3) is 2.41. The Hall–Kier alpha value is -1.23. The molecule has 0 N–H and O–H groups in total. The monoisotopic (exact) mass is 223 g/mol. The standard InChI is InChI=1S/C10H13N3OS/c14-10(15)13-7-5-12(6-8-13)9-3-1-2-4-11-9/h1-4H,5-8H2,(H,14,15). The van der Waals surface area contributed by atoms with Crippen LogP contribution in [0.4, 0.5) is 10.6 Å². The van der Waals surface area contributed by atoms with Gasteiger partial charge in [-0.05, 0) is 12.1 Å². The topological polar surface area (TPSA) is 36.4 Å². The Morgan fingerprint density at radius 2 is 2.00 bits per heavy atom. The van der Waals surface area contributed by atoms with Crippen molar-refractivity contribution in [2.24, 2.45) is 0 Å². The number of rotatable bonds is 1. The summed E-state index contributed by atoms with van der Waals surface area (Å²) in [5.74, 6) is 0.976. The van der Waals surface area contributed by atoms with Gasteiger partial charge in [-0.15, -0.1) is 0 Å². The maximum atomic E-state index is 11.0. The second-order valence-electron chi connectivity index (χ2n) is 3.44. The van der Waals surface area contributed by atoms with Crippen molar-refractivity contribution in [2.45, 2.75) is 0 Å². The summed E-state index contributed by atoms with van der Waals surface area (Å²) in [5, 5.41) is -0.143. The molecule has 0 aromatic carbocycles. The van der Waals surface area contributed by atoms with E-state index in [1.807, 2.05) is 18.2 Å². The molecule has 1 amide bonds.